The minimum atomic E-state index is -0.803. The number of carboxylic acid groups (broad SMARTS) is 1. The van der Waals surface area contributed by atoms with Gasteiger partial charge in [0.25, 0.3) is 5.91 Å². The number of hydrogen-bond acceptors (Lipinski definition) is 5. The normalized spacial score (nSPS) is 11.0. The van der Waals surface area contributed by atoms with E-state index in [1.54, 1.807) is 0 Å². The highest BCUT2D eigenvalue weighted by Crippen LogP contribution is 2.29. The van der Waals surface area contributed by atoms with Crippen LogP contribution in [0.5, 0.6) is 5.75 Å². The van der Waals surface area contributed by atoms with Gasteiger partial charge in [-0.25, -0.2) is 4.79 Å². The Bertz CT molecular complexity index is 979. The molecule has 0 aliphatic carbocycles. The third kappa shape index (κ3) is 7.39. The Morgan fingerprint density at radius 1 is 1.03 bits per heavy atom. The molecule has 2 aromatic rings. The maximum Gasteiger partial charge on any atom is 0.339 e. The van der Waals surface area contributed by atoms with Gasteiger partial charge in [0, 0.05) is 29.5 Å². The molecule has 0 aliphatic rings. The Morgan fingerprint density at radius 2 is 1.78 bits per heavy atom. The van der Waals surface area contributed by atoms with Crippen LogP contribution < -0.4 is 15.7 Å². The van der Waals surface area contributed by atoms with Gasteiger partial charge >= 0.3 is 11.6 Å². The molecule has 0 saturated heterocycles. The molecule has 0 aliphatic heterocycles. The van der Waals surface area contributed by atoms with Gasteiger partial charge in [-0.05, 0) is 57.2 Å². The zero-order chi connectivity index (χ0) is 23.5. The first kappa shape index (κ1) is 25.4. The van der Waals surface area contributed by atoms with Gasteiger partial charge < -0.3 is 19.6 Å². The van der Waals surface area contributed by atoms with Crippen molar-refractivity contribution in [3.05, 3.63) is 39.2 Å². The highest BCUT2D eigenvalue weighted by molar-refractivity contribution is 5.86. The van der Waals surface area contributed by atoms with E-state index in [2.05, 4.69) is 12.2 Å². The summed E-state index contributed by atoms with van der Waals surface area (Å²) < 4.78 is 11.3. The molecule has 0 radical (unpaired) electrons. The fourth-order valence-electron chi connectivity index (χ4n) is 3.74. The SMILES string of the molecule is CCCCCCc1c(C)c2ccc(OCC(=O)NCCCCCC(=O)O)c(C)c2oc1=O. The average molecular weight is 446 g/mol. The number of unbranched alkanes of at least 4 members (excludes halogenated alkanes) is 5. The summed E-state index contributed by atoms with van der Waals surface area (Å²) in [6.45, 7) is 6.28. The molecule has 0 fully saturated rings. The van der Waals surface area contributed by atoms with Gasteiger partial charge in [0.15, 0.2) is 6.61 Å². The second-order valence-corrected chi connectivity index (χ2v) is 8.21. The van der Waals surface area contributed by atoms with Gasteiger partial charge in [-0.1, -0.05) is 32.6 Å². The van der Waals surface area contributed by atoms with Crippen LogP contribution in [0.1, 0.15) is 75.0 Å². The second-order valence-electron chi connectivity index (χ2n) is 8.21. The number of rotatable bonds is 14. The molecule has 0 unspecified atom stereocenters. The number of benzene rings is 1. The molecule has 1 heterocycles. The molecular formula is C25H35NO6. The van der Waals surface area contributed by atoms with E-state index in [1.165, 1.54) is 0 Å². The number of carbonyl (C=O) groups is 2. The lowest BCUT2D eigenvalue weighted by atomic mass is 9.99. The maximum absolute atomic E-state index is 12.6. The zero-order valence-electron chi connectivity index (χ0n) is 19.4. The van der Waals surface area contributed by atoms with Crippen LogP contribution in [0.2, 0.25) is 0 Å². The lowest BCUT2D eigenvalue weighted by Gasteiger charge is -2.13. The minimum Gasteiger partial charge on any atom is -0.483 e. The molecule has 2 N–H and O–H groups in total. The predicted octanol–water partition coefficient (Wildman–Crippen LogP) is 4.67. The van der Waals surface area contributed by atoms with Crippen LogP contribution in [0.3, 0.4) is 0 Å². The summed E-state index contributed by atoms with van der Waals surface area (Å²) >= 11 is 0. The van der Waals surface area contributed by atoms with Crippen molar-refractivity contribution >= 4 is 22.8 Å². The third-order valence-corrected chi connectivity index (χ3v) is 5.68. The van der Waals surface area contributed by atoms with Gasteiger partial charge in [-0.3, -0.25) is 9.59 Å². The van der Waals surface area contributed by atoms with Crippen molar-refractivity contribution in [1.82, 2.24) is 5.32 Å². The monoisotopic (exact) mass is 445 g/mol. The van der Waals surface area contributed by atoms with Gasteiger partial charge in [-0.15, -0.1) is 0 Å². The number of aliphatic carboxylic acids is 1. The first-order valence-corrected chi connectivity index (χ1v) is 11.5. The predicted molar refractivity (Wildman–Crippen MR) is 124 cm³/mol. The summed E-state index contributed by atoms with van der Waals surface area (Å²) in [6, 6.07) is 3.69. The third-order valence-electron chi connectivity index (χ3n) is 5.68. The van der Waals surface area contributed by atoms with Crippen molar-refractivity contribution in [1.29, 1.82) is 0 Å². The fraction of sp³-hybridized carbons (Fsp3) is 0.560. The first-order chi connectivity index (χ1) is 15.3. The zero-order valence-corrected chi connectivity index (χ0v) is 19.4. The van der Waals surface area contributed by atoms with Crippen molar-refractivity contribution in [3.63, 3.8) is 0 Å². The summed E-state index contributed by atoms with van der Waals surface area (Å²) in [6.07, 6.45) is 7.32. The number of nitrogens with one attached hydrogen (secondary N) is 1. The highest BCUT2D eigenvalue weighted by Gasteiger charge is 2.15. The number of aryl methyl sites for hydroxylation is 2. The average Bonchev–Trinajstić information content (AvgIpc) is 2.75. The lowest BCUT2D eigenvalue weighted by molar-refractivity contribution is -0.137. The van der Waals surface area contributed by atoms with E-state index in [-0.39, 0.29) is 24.6 Å². The smallest absolute Gasteiger partial charge is 0.339 e. The quantitative estimate of drug-likeness (QED) is 0.323. The maximum atomic E-state index is 12.6. The first-order valence-electron chi connectivity index (χ1n) is 11.5. The second kappa shape index (κ2) is 12.9. The molecule has 1 amide bonds. The van der Waals surface area contributed by atoms with Gasteiger partial charge in [0.05, 0.1) is 0 Å². The van der Waals surface area contributed by atoms with E-state index >= 15 is 0 Å². The molecule has 0 bridgehead atoms. The van der Waals surface area contributed by atoms with E-state index in [4.69, 9.17) is 14.3 Å². The van der Waals surface area contributed by atoms with E-state index < -0.39 is 5.97 Å². The Morgan fingerprint density at radius 3 is 2.50 bits per heavy atom. The van der Waals surface area contributed by atoms with Gasteiger partial charge in [-0.2, -0.15) is 0 Å². The molecule has 1 aromatic carbocycles. The summed E-state index contributed by atoms with van der Waals surface area (Å²) in [5.41, 5.74) is 2.59. The number of amides is 1. The largest absolute Gasteiger partial charge is 0.483 e. The minimum absolute atomic E-state index is 0.139. The van der Waals surface area contributed by atoms with Crippen LogP contribution in [0.4, 0.5) is 0 Å². The molecule has 7 heteroatoms. The fourth-order valence-corrected chi connectivity index (χ4v) is 3.74. The number of carbonyl (C=O) groups excluding carboxylic acids is 1. The standard InChI is InChI=1S/C25H35NO6/c1-4-5-6-8-11-20-17(2)19-13-14-21(18(3)24(19)32-25(20)30)31-16-22(27)26-15-10-7-9-12-23(28)29/h13-14H,4-12,15-16H2,1-3H3,(H,26,27)(H,28,29). The molecule has 2 rings (SSSR count). The van der Waals surface area contributed by atoms with E-state index in [0.29, 0.717) is 29.9 Å². The molecule has 7 nitrogen and oxygen atoms in total. The van der Waals surface area contributed by atoms with Crippen molar-refractivity contribution in [2.75, 3.05) is 13.2 Å². The summed E-state index contributed by atoms with van der Waals surface area (Å²) in [5, 5.41) is 12.3. The number of hydrogen-bond donors (Lipinski definition) is 2. The van der Waals surface area contributed by atoms with Gasteiger partial charge in [0.2, 0.25) is 0 Å². The Hall–Kier alpha value is -2.83. The van der Waals surface area contributed by atoms with Crippen molar-refractivity contribution in [3.8, 4) is 5.75 Å². The van der Waals surface area contributed by atoms with E-state index in [9.17, 15) is 14.4 Å². The van der Waals surface area contributed by atoms with Gasteiger partial charge in [0.1, 0.15) is 11.3 Å². The van der Waals surface area contributed by atoms with E-state index in [0.717, 1.165) is 61.5 Å². The number of carboxylic acids is 1. The molecule has 1 aromatic heterocycles. The summed E-state index contributed by atoms with van der Waals surface area (Å²) in [7, 11) is 0. The van der Waals surface area contributed by atoms with Crippen LogP contribution >= 0.6 is 0 Å². The van der Waals surface area contributed by atoms with E-state index in [1.807, 2.05) is 26.0 Å². The molecule has 0 saturated carbocycles. The van der Waals surface area contributed by atoms with Crippen molar-refractivity contribution in [2.45, 2.75) is 78.6 Å². The molecular weight excluding hydrogens is 410 g/mol. The van der Waals surface area contributed by atoms with Crippen LogP contribution in [0.25, 0.3) is 11.0 Å². The Balaban J connectivity index is 1.96. The topological polar surface area (TPSA) is 106 Å². The number of fused-ring (bicyclic) bond motifs is 1. The van der Waals surface area contributed by atoms with Crippen LogP contribution in [0, 0.1) is 13.8 Å². The lowest BCUT2D eigenvalue weighted by Crippen LogP contribution is -2.29. The molecule has 176 valence electrons. The van der Waals surface area contributed by atoms with Crippen LogP contribution in [-0.2, 0) is 16.0 Å². The Labute approximate surface area is 189 Å². The Kier molecular flexibility index (Phi) is 10.2. The van der Waals surface area contributed by atoms with Crippen molar-refractivity contribution in [2.24, 2.45) is 0 Å². The molecule has 0 atom stereocenters. The molecule has 0 spiro atoms. The summed E-state index contributed by atoms with van der Waals surface area (Å²) in [4.78, 5) is 35.1. The number of ether oxygens (including phenoxy) is 1. The molecule has 32 heavy (non-hydrogen) atoms. The highest BCUT2D eigenvalue weighted by atomic mass is 16.5. The summed E-state index contributed by atoms with van der Waals surface area (Å²) in [5.74, 6) is -0.544. The van der Waals surface area contributed by atoms with Crippen LogP contribution in [-0.4, -0.2) is 30.1 Å². The van der Waals surface area contributed by atoms with Crippen LogP contribution in [0.15, 0.2) is 21.3 Å². The van der Waals surface area contributed by atoms with Crippen molar-refractivity contribution < 1.29 is 23.8 Å².